The third-order valence-corrected chi connectivity index (χ3v) is 5.09. The van der Waals surface area contributed by atoms with E-state index in [0.29, 0.717) is 18.1 Å². The number of hydrogen-bond acceptors (Lipinski definition) is 5. The van der Waals surface area contributed by atoms with Crippen molar-refractivity contribution < 1.29 is 14.4 Å². The fourth-order valence-corrected chi connectivity index (χ4v) is 3.59. The van der Waals surface area contributed by atoms with Crippen LogP contribution in [0.15, 0.2) is 53.5 Å². The Morgan fingerprint density at radius 3 is 2.48 bits per heavy atom. The summed E-state index contributed by atoms with van der Waals surface area (Å²) < 4.78 is 12.0. The Morgan fingerprint density at radius 1 is 1.19 bits per heavy atom. The molecule has 2 atom stereocenters. The lowest BCUT2D eigenvalue weighted by Crippen LogP contribution is -2.25. The van der Waals surface area contributed by atoms with Gasteiger partial charge in [0.15, 0.2) is 0 Å². The first-order chi connectivity index (χ1) is 12.9. The average Bonchev–Trinajstić information content (AvgIpc) is 3.32. The molecule has 0 bridgehead atoms. The molecule has 6 nitrogen and oxygen atoms in total. The van der Waals surface area contributed by atoms with Gasteiger partial charge in [0, 0.05) is 6.07 Å². The molecule has 2 heterocycles. The normalized spacial score (nSPS) is 25.6. The van der Waals surface area contributed by atoms with Gasteiger partial charge in [-0.2, -0.15) is 0 Å². The topological polar surface area (TPSA) is 77.3 Å². The monoisotopic (exact) mass is 366 g/mol. The summed E-state index contributed by atoms with van der Waals surface area (Å²) in [5, 5.41) is 11.6. The highest BCUT2D eigenvalue weighted by atomic mass is 16.6. The first-order valence-corrected chi connectivity index (χ1v) is 9.11. The van der Waals surface area contributed by atoms with Crippen LogP contribution in [-0.4, -0.2) is 23.0 Å². The molecule has 0 aliphatic carbocycles. The van der Waals surface area contributed by atoms with E-state index in [9.17, 15) is 10.1 Å². The minimum Gasteiger partial charge on any atom is -0.476 e. The first-order valence-electron chi connectivity index (χ1n) is 9.11. The van der Waals surface area contributed by atoms with Gasteiger partial charge in [-0.3, -0.25) is 10.1 Å². The van der Waals surface area contributed by atoms with E-state index < -0.39 is 5.60 Å². The van der Waals surface area contributed by atoms with Crippen LogP contribution in [0.4, 0.5) is 5.69 Å². The van der Waals surface area contributed by atoms with Crippen molar-refractivity contribution in [2.75, 3.05) is 6.61 Å². The molecule has 1 fully saturated rings. The minimum absolute atomic E-state index is 0.0150. The Hall–Kier alpha value is -2.73. The second kappa shape index (κ2) is 6.16. The van der Waals surface area contributed by atoms with Gasteiger partial charge in [-0.15, -0.1) is 0 Å². The predicted octanol–water partition coefficient (Wildman–Crippen LogP) is 4.33. The fraction of sp³-hybridized carbons (Fsp3) is 0.381. The van der Waals surface area contributed by atoms with Crippen LogP contribution in [0.2, 0.25) is 0 Å². The molecule has 0 saturated carbocycles. The van der Waals surface area contributed by atoms with Gasteiger partial charge < -0.3 is 9.47 Å². The van der Waals surface area contributed by atoms with Crippen molar-refractivity contribution in [1.82, 2.24) is 0 Å². The minimum atomic E-state index is -1.05. The quantitative estimate of drug-likeness (QED) is 0.448. The second-order valence-corrected chi connectivity index (χ2v) is 7.62. The molecule has 2 aliphatic rings. The Morgan fingerprint density at radius 2 is 1.89 bits per heavy atom. The van der Waals surface area contributed by atoms with Gasteiger partial charge in [0.1, 0.15) is 12.7 Å². The molecule has 1 saturated heterocycles. The summed E-state index contributed by atoms with van der Waals surface area (Å²) >= 11 is 0. The van der Waals surface area contributed by atoms with Gasteiger partial charge in [-0.25, -0.2) is 4.99 Å². The number of nitro benzene ring substituents is 1. The number of hydrogen-bond donors (Lipinski definition) is 0. The van der Waals surface area contributed by atoms with E-state index in [4.69, 9.17) is 9.47 Å². The number of aliphatic imine (C=N–C) groups is 1. The molecule has 0 aromatic heterocycles. The van der Waals surface area contributed by atoms with Gasteiger partial charge in [0.05, 0.1) is 16.0 Å². The van der Waals surface area contributed by atoms with E-state index in [0.717, 1.165) is 12.0 Å². The van der Waals surface area contributed by atoms with E-state index in [-0.39, 0.29) is 22.3 Å². The lowest BCUT2D eigenvalue weighted by molar-refractivity contribution is -0.385. The van der Waals surface area contributed by atoms with Crippen molar-refractivity contribution >= 4 is 11.6 Å². The van der Waals surface area contributed by atoms with Gasteiger partial charge in [-0.1, -0.05) is 43.3 Å². The Bertz CT molecular complexity index is 920. The van der Waals surface area contributed by atoms with Crippen LogP contribution in [0, 0.1) is 10.1 Å². The number of ether oxygens (including phenoxy) is 2. The van der Waals surface area contributed by atoms with Gasteiger partial charge in [0.2, 0.25) is 11.5 Å². The summed E-state index contributed by atoms with van der Waals surface area (Å²) in [6.45, 7) is 6.47. The van der Waals surface area contributed by atoms with Crippen molar-refractivity contribution in [3.8, 4) is 0 Å². The summed E-state index contributed by atoms with van der Waals surface area (Å²) in [5.74, 6) is 0.423. The highest BCUT2D eigenvalue weighted by Gasteiger charge is 2.67. The van der Waals surface area contributed by atoms with Gasteiger partial charge in [0.25, 0.3) is 5.69 Å². The number of para-hydroxylation sites is 1. The number of epoxide rings is 1. The number of nitro groups is 1. The Balaban J connectivity index is 1.83. The van der Waals surface area contributed by atoms with Gasteiger partial charge >= 0.3 is 0 Å². The maximum Gasteiger partial charge on any atom is 0.276 e. The van der Waals surface area contributed by atoms with Crippen molar-refractivity contribution in [2.24, 2.45) is 4.99 Å². The van der Waals surface area contributed by atoms with Crippen LogP contribution in [0.5, 0.6) is 0 Å². The molecule has 2 aliphatic heterocycles. The molecule has 0 unspecified atom stereocenters. The zero-order valence-corrected chi connectivity index (χ0v) is 15.6. The number of rotatable bonds is 5. The first kappa shape index (κ1) is 17.7. The standard InChI is InChI=1S/C21H22N2O4/c1-4-14-9-11-15(12-10-14)18-21(27-18,19-22-20(2,3)13-26-19)16-7-5-6-8-17(16)23(24)25/h5-12,18H,4,13H2,1-3H3/t18-,21+/m1/s1. The fourth-order valence-electron chi connectivity index (χ4n) is 3.59. The molecule has 6 heteroatoms. The van der Waals surface area contributed by atoms with E-state index >= 15 is 0 Å². The predicted molar refractivity (Wildman–Crippen MR) is 102 cm³/mol. The van der Waals surface area contributed by atoms with Crippen LogP contribution >= 0.6 is 0 Å². The van der Waals surface area contributed by atoms with Crippen LogP contribution in [0.3, 0.4) is 0 Å². The molecular weight excluding hydrogens is 344 g/mol. The van der Waals surface area contributed by atoms with Crippen molar-refractivity contribution in [1.29, 1.82) is 0 Å². The summed E-state index contributed by atoms with van der Waals surface area (Å²) in [4.78, 5) is 15.9. The third kappa shape index (κ3) is 2.90. The molecule has 0 N–H and O–H groups in total. The summed E-state index contributed by atoms with van der Waals surface area (Å²) in [6, 6.07) is 14.8. The number of aryl methyl sites for hydroxylation is 1. The van der Waals surface area contributed by atoms with E-state index in [1.54, 1.807) is 18.2 Å². The van der Waals surface area contributed by atoms with Crippen LogP contribution in [0.1, 0.15) is 43.6 Å². The maximum atomic E-state index is 11.6. The summed E-state index contributed by atoms with van der Waals surface area (Å²) in [5.41, 5.74) is 1.25. The molecule has 140 valence electrons. The lowest BCUT2D eigenvalue weighted by atomic mass is 9.89. The van der Waals surface area contributed by atoms with Crippen LogP contribution < -0.4 is 0 Å². The summed E-state index contributed by atoms with van der Waals surface area (Å²) in [6.07, 6.45) is 0.586. The van der Waals surface area contributed by atoms with E-state index in [1.807, 2.05) is 26.0 Å². The number of nitrogens with zero attached hydrogens (tertiary/aromatic N) is 2. The molecule has 27 heavy (non-hydrogen) atoms. The number of benzene rings is 2. The zero-order chi connectivity index (χ0) is 19.2. The van der Waals surface area contributed by atoms with Gasteiger partial charge in [-0.05, 0) is 37.5 Å². The molecule has 2 aromatic rings. The van der Waals surface area contributed by atoms with E-state index in [1.165, 1.54) is 11.6 Å². The lowest BCUT2D eigenvalue weighted by Gasteiger charge is -2.14. The second-order valence-electron chi connectivity index (χ2n) is 7.62. The maximum absolute atomic E-state index is 11.6. The average molecular weight is 366 g/mol. The highest BCUT2D eigenvalue weighted by Crippen LogP contribution is 2.60. The summed E-state index contributed by atoms with van der Waals surface area (Å²) in [7, 11) is 0. The molecule has 4 rings (SSSR count). The zero-order valence-electron chi connectivity index (χ0n) is 15.6. The Labute approximate surface area is 158 Å². The van der Waals surface area contributed by atoms with Crippen molar-refractivity contribution in [2.45, 2.75) is 44.4 Å². The smallest absolute Gasteiger partial charge is 0.276 e. The van der Waals surface area contributed by atoms with Crippen LogP contribution in [-0.2, 0) is 21.5 Å². The highest BCUT2D eigenvalue weighted by molar-refractivity contribution is 5.93. The Kier molecular flexibility index (Phi) is 4.03. The van der Waals surface area contributed by atoms with E-state index in [2.05, 4.69) is 24.0 Å². The third-order valence-electron chi connectivity index (χ3n) is 5.09. The molecule has 0 amide bonds. The largest absolute Gasteiger partial charge is 0.476 e. The molecule has 2 aromatic carbocycles. The van der Waals surface area contributed by atoms with Crippen LogP contribution in [0.25, 0.3) is 0 Å². The molecule has 0 radical (unpaired) electrons. The molecule has 0 spiro atoms. The molecular formula is C21H22N2O4. The van der Waals surface area contributed by atoms with Crippen molar-refractivity contribution in [3.05, 3.63) is 75.3 Å². The SMILES string of the molecule is CCc1ccc([C@H]2O[C@@]2(C2=NC(C)(C)CO2)c2ccccc2[N+](=O)[O-])cc1. The van der Waals surface area contributed by atoms with Crippen molar-refractivity contribution in [3.63, 3.8) is 0 Å².